The van der Waals surface area contributed by atoms with Gasteiger partial charge in [0.15, 0.2) is 4.27 Å². The molecule has 34 heteroatoms. The molecular formula is C62H85Cl3F10O21. The van der Waals surface area contributed by atoms with Gasteiger partial charge in [-0.3, -0.25) is 28.8 Å². The highest BCUT2D eigenvalue weighted by atomic mass is 35.6. The minimum Gasteiger partial charge on any atom is -0.465 e. The van der Waals surface area contributed by atoms with Gasteiger partial charge in [0.05, 0.1) is 34.4 Å². The maximum atomic E-state index is 13.4. The van der Waals surface area contributed by atoms with Gasteiger partial charge in [-0.15, -0.1) is 0 Å². The van der Waals surface area contributed by atoms with Crippen LogP contribution in [0, 0.1) is 79.8 Å². The molecule has 0 amide bonds. The number of ether oxygens (including phenoxy) is 11. The summed E-state index contributed by atoms with van der Waals surface area (Å²) in [6, 6.07) is 10.1. The number of hydrogen-bond acceptors (Lipinski definition) is 21. The lowest BCUT2D eigenvalue weighted by Gasteiger charge is -2.29. The van der Waals surface area contributed by atoms with E-state index in [1.165, 1.54) is 32.3 Å². The van der Waals surface area contributed by atoms with E-state index in [-0.39, 0.29) is 26.4 Å². The fourth-order valence-electron chi connectivity index (χ4n) is 5.27. The zero-order valence-electron chi connectivity index (χ0n) is 58.2. The highest BCUT2D eigenvalue weighted by molar-refractivity contribution is 6.63. The summed E-state index contributed by atoms with van der Waals surface area (Å²) in [6.45, 7) is 18.4. The fraction of sp³-hybridized carbons (Fsp3) is 0.581. The van der Waals surface area contributed by atoms with Gasteiger partial charge in [-0.1, -0.05) is 139 Å². The van der Waals surface area contributed by atoms with Gasteiger partial charge in [0.1, 0.15) is 61.3 Å². The third-order valence-electron chi connectivity index (χ3n) is 11.2. The number of alkyl halides is 3. The van der Waals surface area contributed by atoms with Gasteiger partial charge in [-0.05, 0) is 47.1 Å². The molecule has 3 aromatic rings. The summed E-state index contributed by atoms with van der Waals surface area (Å²) in [6.07, 6.45) is 4.03. The summed E-state index contributed by atoms with van der Waals surface area (Å²) in [5.41, 5.74) is -4.42. The van der Waals surface area contributed by atoms with Gasteiger partial charge in [0.25, 0.3) is 0 Å². The molecule has 2 aliphatic rings. The number of carbonyl (C=O) groups is 8. The van der Waals surface area contributed by atoms with Crippen LogP contribution in [0.1, 0.15) is 139 Å². The number of hydrogen-bond donors (Lipinski definition) is 2. The van der Waals surface area contributed by atoms with E-state index in [4.69, 9.17) is 63.3 Å². The number of halogens is 13. The SMILES string of the molecule is CC(=O)OCC(C)(CO)C(=O)Oc1c(F)c(F)c(F)c(F)c1F.CC1(C(=O)Oc2c(F)c(F)c(F)c(F)c2F)COC(=O)OC1.CCCC.CCOC(=O)C(C)(CO)COC(C)=O.CCOC(=O)C1(C)COC(=O)OC1.COCc1ccccc1.[2H]C(Cl)(Cl)Cl.[3H]CCC.[3H]CCCC. The van der Waals surface area contributed by atoms with Crippen LogP contribution in [0.3, 0.4) is 0 Å². The van der Waals surface area contributed by atoms with Gasteiger partial charge in [0.2, 0.25) is 69.7 Å². The zero-order valence-corrected chi connectivity index (χ0v) is 57.4. The molecule has 21 nitrogen and oxygen atoms in total. The van der Waals surface area contributed by atoms with Crippen molar-refractivity contribution in [1.29, 1.82) is 0 Å². The molecular weight excluding hydrogens is 1380 g/mol. The maximum Gasteiger partial charge on any atom is 0.508 e. The van der Waals surface area contributed by atoms with E-state index in [2.05, 4.69) is 58.7 Å². The number of unbranched alkanes of at least 4 members (excludes halogenated alkanes) is 2. The second kappa shape index (κ2) is 50.4. The number of aliphatic hydroxyl groups is 2. The molecule has 2 heterocycles. The Hall–Kier alpha value is -6.93. The zero-order chi connectivity index (χ0) is 77.7. The van der Waals surface area contributed by atoms with Gasteiger partial charge in [0, 0.05) is 23.7 Å². The monoisotopic (exact) mass is 1470 g/mol. The van der Waals surface area contributed by atoms with Gasteiger partial charge in [-0.25, -0.2) is 35.9 Å². The molecule has 2 saturated heterocycles. The lowest BCUT2D eigenvalue weighted by atomic mass is 9.92. The smallest absolute Gasteiger partial charge is 0.465 e. The number of carbonyl (C=O) groups excluding carboxylic acids is 8. The van der Waals surface area contributed by atoms with Gasteiger partial charge >= 0.3 is 48.1 Å². The van der Waals surface area contributed by atoms with E-state index in [1.54, 1.807) is 27.9 Å². The molecule has 0 radical (unpaired) electrons. The standard InChI is InChI=1S/C13H11F5O5.C12H7F5O5.C9H16O5.C8H12O5.C8H10O.2C4H10.C3H8.CHCl3/c1-5(20)22-4-13(2,3-19)12(21)23-11-9(17)7(15)6(14)8(16)10(11)18;1-12(2-20-11(19)21-3-12)10(18)22-9-7(16)5(14)4(13)6(15)8(9)17;1-4-13-8(12)9(3,5-10)6-14-7(2)11;1-3-11-6(9)8(2)4-12-7(10)13-5-8;1-9-7-8-5-3-2-4-6-8;2*1-3-4-2;1-3-2;2-1(3)4/h19H,3-4H2,1-2H3;2-3H2,1H3;10H,4-6H2,1-3H3;3-5H2,1-2H3;2-6H,7H2,1H3;2*3-4H2,1-2H3;3H2,1-2H3;1H/i;;;;;1T;;1T;1D. The molecule has 2 atom stereocenters. The van der Waals surface area contributed by atoms with E-state index < -0.39 is 177 Å². The van der Waals surface area contributed by atoms with E-state index in [9.17, 15) is 82.3 Å². The Kier molecular flexibility index (Phi) is 46.8. The molecule has 2 fully saturated rings. The molecule has 550 valence electrons. The molecule has 3 aromatic carbocycles. The van der Waals surface area contributed by atoms with Crippen molar-refractivity contribution in [1.82, 2.24) is 0 Å². The van der Waals surface area contributed by atoms with Gasteiger partial charge in [-0.2, -0.15) is 17.6 Å². The summed E-state index contributed by atoms with van der Waals surface area (Å²) < 4.78 is 199. The van der Waals surface area contributed by atoms with Crippen LogP contribution in [0.5, 0.6) is 11.5 Å². The van der Waals surface area contributed by atoms with Crippen LogP contribution in [-0.4, -0.2) is 136 Å². The van der Waals surface area contributed by atoms with Crippen molar-refractivity contribution >= 4 is 82.9 Å². The van der Waals surface area contributed by atoms with Crippen molar-refractivity contribution in [2.75, 3.05) is 73.2 Å². The first-order valence-corrected chi connectivity index (χ1v) is 29.6. The van der Waals surface area contributed by atoms with Crippen molar-refractivity contribution in [3.8, 4) is 11.5 Å². The van der Waals surface area contributed by atoms with Crippen molar-refractivity contribution in [3.63, 3.8) is 0 Å². The topological polar surface area (TPSA) is 279 Å². The van der Waals surface area contributed by atoms with Crippen LogP contribution in [-0.2, 0) is 78.0 Å². The summed E-state index contributed by atoms with van der Waals surface area (Å²) in [7, 11) is 1.70. The summed E-state index contributed by atoms with van der Waals surface area (Å²) in [5.74, 6) is -31.9. The first kappa shape index (κ1) is 89.1. The lowest BCUT2D eigenvalue weighted by molar-refractivity contribution is -0.166. The quantitative estimate of drug-likeness (QED) is 0.0228. The average molecular weight is 1470 g/mol. The predicted octanol–water partition coefficient (Wildman–Crippen LogP) is 14.0. The molecule has 5 rings (SSSR count). The Balaban J connectivity index is -0.000000548. The first-order chi connectivity index (χ1) is 45.9. The first-order valence-electron chi connectivity index (χ1n) is 30.4. The second-order valence-corrected chi connectivity index (χ2v) is 22.0. The van der Waals surface area contributed by atoms with E-state index in [1.807, 2.05) is 37.3 Å². The highest BCUT2D eigenvalue weighted by Gasteiger charge is 2.45. The largest absolute Gasteiger partial charge is 0.508 e. The van der Waals surface area contributed by atoms with Crippen molar-refractivity contribution in [2.45, 2.75) is 140 Å². The number of cyclic esters (lactones) is 4. The van der Waals surface area contributed by atoms with E-state index >= 15 is 0 Å². The molecule has 0 bridgehead atoms. The Bertz CT molecular complexity index is 2870. The summed E-state index contributed by atoms with van der Waals surface area (Å²) in [5, 5.41) is 18.2. The Morgan fingerprint density at radius 1 is 0.552 bits per heavy atom. The molecule has 0 saturated carbocycles. The fourth-order valence-corrected chi connectivity index (χ4v) is 5.27. The Labute approximate surface area is 570 Å². The van der Waals surface area contributed by atoms with E-state index in [0.717, 1.165) is 40.0 Å². The number of esters is 6. The number of methoxy groups -OCH3 is 1. The minimum atomic E-state index is -2.41. The maximum absolute atomic E-state index is 13.4. The van der Waals surface area contributed by atoms with Crippen LogP contribution in [0.2, 0.25) is 0 Å². The van der Waals surface area contributed by atoms with Crippen LogP contribution in [0.15, 0.2) is 30.3 Å². The van der Waals surface area contributed by atoms with Crippen LogP contribution < -0.4 is 9.47 Å². The summed E-state index contributed by atoms with van der Waals surface area (Å²) in [4.78, 5) is 88.8. The molecule has 2 unspecified atom stereocenters. The van der Waals surface area contributed by atoms with Crippen LogP contribution in [0.25, 0.3) is 0 Å². The number of rotatable bonds is 18. The third-order valence-corrected chi connectivity index (χ3v) is 11.2. The van der Waals surface area contributed by atoms with Crippen molar-refractivity contribution < 1.29 is 149 Å². The number of aliphatic hydroxyl groups excluding tert-OH is 2. The van der Waals surface area contributed by atoms with Crippen LogP contribution in [0.4, 0.5) is 53.5 Å². The molecule has 96 heavy (non-hydrogen) atoms. The van der Waals surface area contributed by atoms with Crippen molar-refractivity contribution in [3.05, 3.63) is 94.1 Å². The molecule has 2 aliphatic heterocycles. The molecule has 0 spiro atoms. The minimum absolute atomic E-state index is 0.0185. The molecule has 2 N–H and O–H groups in total. The van der Waals surface area contributed by atoms with Crippen molar-refractivity contribution in [2.24, 2.45) is 21.7 Å². The normalized spacial score (nSPS) is 14.4. The highest BCUT2D eigenvalue weighted by Crippen LogP contribution is 2.34. The molecule has 0 aromatic heterocycles. The molecule has 0 aliphatic carbocycles. The Morgan fingerprint density at radius 3 is 1.16 bits per heavy atom. The third kappa shape index (κ3) is 35.9. The summed E-state index contributed by atoms with van der Waals surface area (Å²) >= 11 is 14.2. The predicted molar refractivity (Wildman–Crippen MR) is 327 cm³/mol. The van der Waals surface area contributed by atoms with Crippen LogP contribution >= 0.6 is 34.8 Å². The Morgan fingerprint density at radius 2 is 0.875 bits per heavy atom. The lowest BCUT2D eigenvalue weighted by Crippen LogP contribution is -2.45. The second-order valence-electron chi connectivity index (χ2n) is 20.3. The average Bonchev–Trinajstić information content (AvgIpc) is 0.791. The van der Waals surface area contributed by atoms with Gasteiger partial charge < -0.3 is 62.3 Å². The van der Waals surface area contributed by atoms with E-state index in [0.29, 0.717) is 27.0 Å². The number of benzene rings is 3.